The zero-order valence-electron chi connectivity index (χ0n) is 13.2. The van der Waals surface area contributed by atoms with E-state index in [1.54, 1.807) is 36.6 Å². The molecule has 0 aliphatic carbocycles. The van der Waals surface area contributed by atoms with Gasteiger partial charge in [-0.25, -0.2) is 11.3 Å². The van der Waals surface area contributed by atoms with Crippen molar-refractivity contribution in [3.63, 3.8) is 0 Å². The molecule has 0 atom stereocenters. The van der Waals surface area contributed by atoms with Crippen LogP contribution in [-0.4, -0.2) is 27.2 Å². The van der Waals surface area contributed by atoms with E-state index >= 15 is 0 Å². The van der Waals surface area contributed by atoms with E-state index in [4.69, 9.17) is 5.84 Å². The molecule has 5 N–H and O–H groups in total. The average molecular weight is 331 g/mol. The number of benzene rings is 1. The monoisotopic (exact) mass is 331 g/mol. The minimum Gasteiger partial charge on any atom is -0.506 e. The Hall–Kier alpha value is -3.20. The standard InChI is InChI=1S/C15H17N5O4/c1-3-20-10-7-5-4-6-9(10)12(21)11(15(20)24)8(2)18-19-14(23)13(22)17-16/h4-7,21H,3,16H2,1-2H3,(H,17,22)(H,19,23)/b18-8-. The molecular weight excluding hydrogens is 314 g/mol. The lowest BCUT2D eigenvalue weighted by Gasteiger charge is -2.13. The highest BCUT2D eigenvalue weighted by molar-refractivity contribution is 6.35. The molecular formula is C15H17N5O4. The van der Waals surface area contributed by atoms with Gasteiger partial charge in [0.15, 0.2) is 0 Å². The quantitative estimate of drug-likeness (QED) is 0.198. The third-order valence-electron chi connectivity index (χ3n) is 3.49. The Kier molecular flexibility index (Phi) is 4.95. The number of pyridine rings is 1. The van der Waals surface area contributed by atoms with Crippen LogP contribution < -0.4 is 22.3 Å². The summed E-state index contributed by atoms with van der Waals surface area (Å²) in [5, 5.41) is 14.6. The van der Waals surface area contributed by atoms with Crippen LogP contribution in [0.3, 0.4) is 0 Å². The molecule has 0 bridgehead atoms. The van der Waals surface area contributed by atoms with Gasteiger partial charge in [0.05, 0.1) is 11.2 Å². The van der Waals surface area contributed by atoms with Gasteiger partial charge >= 0.3 is 11.8 Å². The Balaban J connectivity index is 2.58. The van der Waals surface area contributed by atoms with Crippen LogP contribution in [0.5, 0.6) is 5.75 Å². The summed E-state index contributed by atoms with van der Waals surface area (Å²) >= 11 is 0. The average Bonchev–Trinajstić information content (AvgIpc) is 2.59. The zero-order valence-corrected chi connectivity index (χ0v) is 13.2. The second-order valence-corrected chi connectivity index (χ2v) is 4.90. The number of hydrazone groups is 1. The molecule has 2 rings (SSSR count). The Morgan fingerprint density at radius 1 is 1.29 bits per heavy atom. The number of nitrogens with two attached hydrogens (primary N) is 1. The fourth-order valence-corrected chi connectivity index (χ4v) is 2.34. The van der Waals surface area contributed by atoms with Crippen molar-refractivity contribution in [2.45, 2.75) is 20.4 Å². The molecule has 0 aliphatic heterocycles. The number of nitrogens with zero attached hydrogens (tertiary/aromatic N) is 2. The number of aromatic nitrogens is 1. The lowest BCUT2D eigenvalue weighted by Crippen LogP contribution is -2.41. The first-order valence-electron chi connectivity index (χ1n) is 7.12. The molecule has 2 amide bonds. The number of nitrogens with one attached hydrogen (secondary N) is 2. The number of rotatable bonds is 3. The molecule has 1 aromatic heterocycles. The van der Waals surface area contributed by atoms with E-state index in [1.165, 1.54) is 11.5 Å². The Bertz CT molecular complexity index is 901. The molecule has 2 aromatic rings. The predicted octanol–water partition coefficient (Wildman–Crippen LogP) is -0.443. The number of aromatic hydroxyl groups is 1. The normalized spacial score (nSPS) is 11.4. The Labute approximate surface area is 136 Å². The van der Waals surface area contributed by atoms with Crippen LogP contribution in [0.1, 0.15) is 19.4 Å². The van der Waals surface area contributed by atoms with Crippen molar-refractivity contribution in [3.05, 3.63) is 40.2 Å². The largest absolute Gasteiger partial charge is 0.506 e. The number of hydrazine groups is 1. The van der Waals surface area contributed by atoms with Crippen molar-refractivity contribution in [1.29, 1.82) is 0 Å². The highest BCUT2D eigenvalue weighted by atomic mass is 16.3. The Morgan fingerprint density at radius 3 is 2.58 bits per heavy atom. The number of carbonyl (C=O) groups is 2. The van der Waals surface area contributed by atoms with E-state index < -0.39 is 17.4 Å². The summed E-state index contributed by atoms with van der Waals surface area (Å²) in [6.07, 6.45) is 0. The minimum atomic E-state index is -1.09. The van der Waals surface area contributed by atoms with Crippen LogP contribution in [0.2, 0.25) is 0 Å². The van der Waals surface area contributed by atoms with Gasteiger partial charge in [0, 0.05) is 11.9 Å². The summed E-state index contributed by atoms with van der Waals surface area (Å²) in [4.78, 5) is 35.0. The third kappa shape index (κ3) is 2.97. The van der Waals surface area contributed by atoms with E-state index in [1.807, 2.05) is 5.43 Å². The molecule has 0 saturated carbocycles. The molecule has 0 saturated heterocycles. The van der Waals surface area contributed by atoms with Crippen molar-refractivity contribution in [2.75, 3.05) is 0 Å². The van der Waals surface area contributed by atoms with E-state index in [0.717, 1.165) is 0 Å². The molecule has 0 aliphatic rings. The third-order valence-corrected chi connectivity index (χ3v) is 3.49. The molecule has 0 radical (unpaired) electrons. The molecule has 0 spiro atoms. The summed E-state index contributed by atoms with van der Waals surface area (Å²) in [5.74, 6) is 2.43. The van der Waals surface area contributed by atoms with Gasteiger partial charge in [0.1, 0.15) is 11.3 Å². The zero-order chi connectivity index (χ0) is 17.9. The van der Waals surface area contributed by atoms with Crippen LogP contribution in [0.15, 0.2) is 34.2 Å². The molecule has 0 fully saturated rings. The summed E-state index contributed by atoms with van der Waals surface area (Å²) in [6, 6.07) is 6.90. The summed E-state index contributed by atoms with van der Waals surface area (Å²) in [5.41, 5.74) is 3.77. The first kappa shape index (κ1) is 17.2. The van der Waals surface area contributed by atoms with Gasteiger partial charge in [-0.1, -0.05) is 12.1 Å². The van der Waals surface area contributed by atoms with E-state index in [0.29, 0.717) is 17.4 Å². The van der Waals surface area contributed by atoms with Crippen LogP contribution in [0.4, 0.5) is 0 Å². The molecule has 1 heterocycles. The maximum atomic E-state index is 12.6. The first-order chi connectivity index (χ1) is 11.4. The number of aryl methyl sites for hydroxylation is 1. The maximum absolute atomic E-state index is 12.6. The second kappa shape index (κ2) is 6.92. The van der Waals surface area contributed by atoms with Crippen LogP contribution in [-0.2, 0) is 16.1 Å². The SMILES string of the molecule is CCn1c(=O)c(/C(C)=N\NC(=O)C(=O)NN)c(O)c2ccccc21. The first-order valence-corrected chi connectivity index (χ1v) is 7.12. The van der Waals surface area contributed by atoms with Crippen molar-refractivity contribution in [1.82, 2.24) is 15.4 Å². The van der Waals surface area contributed by atoms with Gasteiger partial charge in [-0.3, -0.25) is 19.8 Å². The van der Waals surface area contributed by atoms with Crippen LogP contribution in [0.25, 0.3) is 10.9 Å². The highest BCUT2D eigenvalue weighted by Gasteiger charge is 2.18. The van der Waals surface area contributed by atoms with Gasteiger partial charge in [0.25, 0.3) is 5.56 Å². The molecule has 0 unspecified atom stereocenters. The molecule has 24 heavy (non-hydrogen) atoms. The van der Waals surface area contributed by atoms with Crippen molar-refractivity contribution in [3.8, 4) is 5.75 Å². The van der Waals surface area contributed by atoms with Gasteiger partial charge in [-0.2, -0.15) is 5.10 Å². The van der Waals surface area contributed by atoms with Gasteiger partial charge in [-0.05, 0) is 26.0 Å². The number of hydrogen-bond donors (Lipinski definition) is 4. The Morgan fingerprint density at radius 2 is 1.96 bits per heavy atom. The topological polar surface area (TPSA) is 139 Å². The maximum Gasteiger partial charge on any atom is 0.330 e. The smallest absolute Gasteiger partial charge is 0.330 e. The fraction of sp³-hybridized carbons (Fsp3) is 0.200. The summed E-state index contributed by atoms with van der Waals surface area (Å²) in [6.45, 7) is 3.63. The predicted molar refractivity (Wildman–Crippen MR) is 88.2 cm³/mol. The number of para-hydroxylation sites is 1. The van der Waals surface area contributed by atoms with Crippen LogP contribution in [0, 0.1) is 0 Å². The molecule has 9 nitrogen and oxygen atoms in total. The number of hydrogen-bond acceptors (Lipinski definition) is 6. The van der Waals surface area contributed by atoms with Crippen molar-refractivity contribution < 1.29 is 14.7 Å². The second-order valence-electron chi connectivity index (χ2n) is 4.90. The molecule has 9 heteroatoms. The molecule has 1 aromatic carbocycles. The van der Waals surface area contributed by atoms with Gasteiger partial charge in [-0.15, -0.1) is 0 Å². The number of fused-ring (bicyclic) bond motifs is 1. The lowest BCUT2D eigenvalue weighted by atomic mass is 10.1. The fourth-order valence-electron chi connectivity index (χ4n) is 2.34. The lowest BCUT2D eigenvalue weighted by molar-refractivity contribution is -0.139. The van der Waals surface area contributed by atoms with E-state index in [9.17, 15) is 19.5 Å². The minimum absolute atomic E-state index is 0.0518. The van der Waals surface area contributed by atoms with E-state index in [-0.39, 0.29) is 17.0 Å². The van der Waals surface area contributed by atoms with Crippen molar-refractivity contribution >= 4 is 28.4 Å². The number of amides is 2. The van der Waals surface area contributed by atoms with Gasteiger partial charge in [0.2, 0.25) is 0 Å². The van der Waals surface area contributed by atoms with Crippen molar-refractivity contribution in [2.24, 2.45) is 10.9 Å². The summed E-state index contributed by atoms with van der Waals surface area (Å²) in [7, 11) is 0. The molecule has 126 valence electrons. The van der Waals surface area contributed by atoms with Gasteiger partial charge < -0.3 is 9.67 Å². The highest BCUT2D eigenvalue weighted by Crippen LogP contribution is 2.26. The van der Waals surface area contributed by atoms with Crippen LogP contribution >= 0.6 is 0 Å². The summed E-state index contributed by atoms with van der Waals surface area (Å²) < 4.78 is 1.48. The number of carbonyl (C=O) groups excluding carboxylic acids is 2. The van der Waals surface area contributed by atoms with E-state index in [2.05, 4.69) is 5.10 Å².